The predicted octanol–water partition coefficient (Wildman–Crippen LogP) is 2.68. The van der Waals surface area contributed by atoms with Crippen LogP contribution >= 0.6 is 0 Å². The number of likely N-dealkylation sites (N-methyl/N-ethyl adjacent to an activating group) is 1. The van der Waals surface area contributed by atoms with Crippen LogP contribution in [0.3, 0.4) is 0 Å². The molecule has 0 radical (unpaired) electrons. The van der Waals surface area contributed by atoms with E-state index in [9.17, 15) is 0 Å². The first-order valence-electron chi connectivity index (χ1n) is 7.76. The third-order valence-electron chi connectivity index (χ3n) is 2.77. The first-order valence-corrected chi connectivity index (χ1v) is 7.76. The van der Waals surface area contributed by atoms with Gasteiger partial charge >= 0.3 is 0 Å². The van der Waals surface area contributed by atoms with Gasteiger partial charge in [-0.25, -0.2) is 4.98 Å². The SMILES string of the molecule is CC(C)COc1cc(NCCN(C)C)nc(CC(C)C)n1. The van der Waals surface area contributed by atoms with E-state index >= 15 is 0 Å². The third-order valence-corrected chi connectivity index (χ3v) is 2.77. The minimum Gasteiger partial charge on any atom is -0.477 e. The summed E-state index contributed by atoms with van der Waals surface area (Å²) in [5.74, 6) is 3.38. The molecule has 0 saturated carbocycles. The normalized spacial score (nSPS) is 11.5. The Morgan fingerprint density at radius 3 is 2.43 bits per heavy atom. The van der Waals surface area contributed by atoms with Gasteiger partial charge in [0.15, 0.2) is 0 Å². The van der Waals surface area contributed by atoms with E-state index in [1.807, 2.05) is 6.07 Å². The lowest BCUT2D eigenvalue weighted by Gasteiger charge is -2.14. The molecule has 0 spiro atoms. The molecule has 0 bridgehead atoms. The Balaban J connectivity index is 2.76. The molecule has 0 unspecified atom stereocenters. The fourth-order valence-electron chi connectivity index (χ4n) is 1.75. The topological polar surface area (TPSA) is 50.3 Å². The van der Waals surface area contributed by atoms with E-state index in [0.29, 0.717) is 24.3 Å². The zero-order valence-corrected chi connectivity index (χ0v) is 14.3. The van der Waals surface area contributed by atoms with Gasteiger partial charge in [0.2, 0.25) is 5.88 Å². The van der Waals surface area contributed by atoms with E-state index in [1.54, 1.807) is 0 Å². The Bertz CT molecular complexity index is 419. The summed E-state index contributed by atoms with van der Waals surface area (Å²) in [5, 5.41) is 3.34. The average molecular weight is 294 g/mol. The van der Waals surface area contributed by atoms with Crippen molar-refractivity contribution in [3.63, 3.8) is 0 Å². The van der Waals surface area contributed by atoms with Gasteiger partial charge in [0.1, 0.15) is 11.6 Å². The van der Waals surface area contributed by atoms with Gasteiger partial charge in [-0.15, -0.1) is 0 Å². The standard InChI is InChI=1S/C16H30N4O/c1-12(2)9-15-18-14(17-7-8-20(5)6)10-16(19-15)21-11-13(3)4/h10,12-13H,7-9,11H2,1-6H3,(H,17,18,19). The number of ether oxygens (including phenoxy) is 1. The van der Waals surface area contributed by atoms with E-state index in [2.05, 4.69) is 62.0 Å². The quantitative estimate of drug-likeness (QED) is 0.759. The van der Waals surface area contributed by atoms with Gasteiger partial charge < -0.3 is 15.0 Å². The predicted molar refractivity (Wildman–Crippen MR) is 88.0 cm³/mol. The van der Waals surface area contributed by atoms with Crippen LogP contribution in [-0.2, 0) is 6.42 Å². The smallest absolute Gasteiger partial charge is 0.218 e. The molecule has 21 heavy (non-hydrogen) atoms. The van der Waals surface area contributed by atoms with Gasteiger partial charge in [-0.05, 0) is 25.9 Å². The van der Waals surface area contributed by atoms with Crippen molar-refractivity contribution in [2.24, 2.45) is 11.8 Å². The lowest BCUT2D eigenvalue weighted by Crippen LogP contribution is -2.21. The highest BCUT2D eigenvalue weighted by atomic mass is 16.5. The average Bonchev–Trinajstić information content (AvgIpc) is 2.35. The molecule has 5 nitrogen and oxygen atoms in total. The van der Waals surface area contributed by atoms with Crippen LogP contribution in [0.2, 0.25) is 0 Å². The maximum absolute atomic E-state index is 5.76. The zero-order valence-electron chi connectivity index (χ0n) is 14.3. The molecule has 0 saturated heterocycles. The maximum Gasteiger partial charge on any atom is 0.218 e. The Morgan fingerprint density at radius 2 is 1.86 bits per heavy atom. The number of hydrogen-bond acceptors (Lipinski definition) is 5. The summed E-state index contributed by atoms with van der Waals surface area (Å²) in [6, 6.07) is 1.89. The molecule has 0 amide bonds. The monoisotopic (exact) mass is 294 g/mol. The fourth-order valence-corrected chi connectivity index (χ4v) is 1.75. The van der Waals surface area contributed by atoms with Crippen LogP contribution in [-0.4, -0.2) is 48.7 Å². The molecule has 1 aromatic rings. The molecule has 1 N–H and O–H groups in total. The molecule has 0 fully saturated rings. The first kappa shape index (κ1) is 17.7. The van der Waals surface area contributed by atoms with E-state index in [-0.39, 0.29) is 0 Å². The fraction of sp³-hybridized carbons (Fsp3) is 0.750. The molecular formula is C16H30N4O. The molecule has 1 rings (SSSR count). The molecular weight excluding hydrogens is 264 g/mol. The Hall–Kier alpha value is -1.36. The van der Waals surface area contributed by atoms with Crippen molar-refractivity contribution in [2.45, 2.75) is 34.1 Å². The van der Waals surface area contributed by atoms with Crippen molar-refractivity contribution in [1.82, 2.24) is 14.9 Å². The number of hydrogen-bond donors (Lipinski definition) is 1. The highest BCUT2D eigenvalue weighted by Crippen LogP contribution is 2.16. The highest BCUT2D eigenvalue weighted by molar-refractivity contribution is 5.38. The number of aromatic nitrogens is 2. The van der Waals surface area contributed by atoms with Gasteiger partial charge in [0.05, 0.1) is 6.61 Å². The largest absolute Gasteiger partial charge is 0.477 e. The van der Waals surface area contributed by atoms with Gasteiger partial charge in [-0.2, -0.15) is 4.98 Å². The molecule has 0 aromatic carbocycles. The summed E-state index contributed by atoms with van der Waals surface area (Å²) >= 11 is 0. The number of nitrogens with one attached hydrogen (secondary N) is 1. The summed E-state index contributed by atoms with van der Waals surface area (Å²) in [5.41, 5.74) is 0. The van der Waals surface area contributed by atoms with Gasteiger partial charge in [-0.1, -0.05) is 27.7 Å². The van der Waals surface area contributed by atoms with Crippen LogP contribution < -0.4 is 10.1 Å². The molecule has 5 heteroatoms. The van der Waals surface area contributed by atoms with E-state index < -0.39 is 0 Å². The van der Waals surface area contributed by atoms with Gasteiger partial charge in [0.25, 0.3) is 0 Å². The van der Waals surface area contributed by atoms with Crippen molar-refractivity contribution in [2.75, 3.05) is 39.1 Å². The first-order chi connectivity index (χ1) is 9.86. The Labute approximate surface area is 129 Å². The second-order valence-corrected chi connectivity index (χ2v) is 6.54. The summed E-state index contributed by atoms with van der Waals surface area (Å²) in [4.78, 5) is 11.2. The summed E-state index contributed by atoms with van der Waals surface area (Å²) in [6.45, 7) is 11.1. The minimum absolute atomic E-state index is 0.485. The Morgan fingerprint density at radius 1 is 1.14 bits per heavy atom. The second-order valence-electron chi connectivity index (χ2n) is 6.54. The molecule has 0 aliphatic rings. The lowest BCUT2D eigenvalue weighted by atomic mass is 10.1. The van der Waals surface area contributed by atoms with E-state index in [0.717, 1.165) is 31.2 Å². The molecule has 0 aliphatic carbocycles. The number of anilines is 1. The van der Waals surface area contributed by atoms with Crippen molar-refractivity contribution < 1.29 is 4.74 Å². The molecule has 1 heterocycles. The highest BCUT2D eigenvalue weighted by Gasteiger charge is 2.08. The number of nitrogens with zero attached hydrogens (tertiary/aromatic N) is 3. The van der Waals surface area contributed by atoms with Crippen LogP contribution in [0.15, 0.2) is 6.07 Å². The summed E-state index contributed by atoms with van der Waals surface area (Å²) in [7, 11) is 4.12. The molecule has 0 atom stereocenters. The molecule has 120 valence electrons. The van der Waals surface area contributed by atoms with Crippen LogP contribution in [0.4, 0.5) is 5.82 Å². The summed E-state index contributed by atoms with van der Waals surface area (Å²) < 4.78 is 5.76. The van der Waals surface area contributed by atoms with Crippen molar-refractivity contribution in [1.29, 1.82) is 0 Å². The zero-order chi connectivity index (χ0) is 15.8. The van der Waals surface area contributed by atoms with E-state index in [4.69, 9.17) is 4.74 Å². The van der Waals surface area contributed by atoms with Crippen molar-refractivity contribution in [3.05, 3.63) is 11.9 Å². The third kappa shape index (κ3) is 7.85. The molecule has 1 aromatic heterocycles. The van der Waals surface area contributed by atoms with E-state index in [1.165, 1.54) is 0 Å². The van der Waals surface area contributed by atoms with Gasteiger partial charge in [0, 0.05) is 25.6 Å². The maximum atomic E-state index is 5.76. The number of rotatable bonds is 9. The van der Waals surface area contributed by atoms with Gasteiger partial charge in [-0.3, -0.25) is 0 Å². The second kappa shape index (κ2) is 8.82. The van der Waals surface area contributed by atoms with Crippen molar-refractivity contribution in [3.8, 4) is 5.88 Å². The summed E-state index contributed by atoms with van der Waals surface area (Å²) in [6.07, 6.45) is 0.862. The minimum atomic E-state index is 0.485. The molecule has 0 aliphatic heterocycles. The van der Waals surface area contributed by atoms with Crippen LogP contribution in [0.25, 0.3) is 0 Å². The van der Waals surface area contributed by atoms with Crippen LogP contribution in [0, 0.1) is 11.8 Å². The lowest BCUT2D eigenvalue weighted by molar-refractivity contribution is 0.260. The van der Waals surface area contributed by atoms with Crippen LogP contribution in [0.5, 0.6) is 5.88 Å². The van der Waals surface area contributed by atoms with Crippen molar-refractivity contribution >= 4 is 5.82 Å². The Kier molecular flexibility index (Phi) is 7.43. The van der Waals surface area contributed by atoms with Crippen LogP contribution in [0.1, 0.15) is 33.5 Å².